The zero-order valence-electron chi connectivity index (χ0n) is 12.1. The van der Waals surface area contributed by atoms with Gasteiger partial charge >= 0.3 is 0 Å². The summed E-state index contributed by atoms with van der Waals surface area (Å²) in [5, 5.41) is 7.90. The fourth-order valence-electron chi connectivity index (χ4n) is 2.24. The fraction of sp³-hybridized carbons (Fsp3) is 0.750. The number of rotatable bonds is 3. The SMILES string of the molecule is CN=C(NC1CCc2nc(COC)nn2C1)N(C)C. The number of fused-ring (bicyclic) bond motifs is 1. The summed E-state index contributed by atoms with van der Waals surface area (Å²) in [6.07, 6.45) is 1.97. The third-order valence-electron chi connectivity index (χ3n) is 3.14. The van der Waals surface area contributed by atoms with Crippen LogP contribution in [0.1, 0.15) is 18.1 Å². The van der Waals surface area contributed by atoms with Crippen molar-refractivity contribution in [2.75, 3.05) is 28.3 Å². The van der Waals surface area contributed by atoms with Gasteiger partial charge in [-0.15, -0.1) is 0 Å². The Balaban J connectivity index is 2.01. The minimum atomic E-state index is 0.339. The molecule has 106 valence electrons. The first kappa shape index (κ1) is 13.8. The van der Waals surface area contributed by atoms with Crippen molar-refractivity contribution in [2.24, 2.45) is 4.99 Å². The number of methoxy groups -OCH3 is 1. The van der Waals surface area contributed by atoms with Gasteiger partial charge in [0, 0.05) is 40.7 Å². The van der Waals surface area contributed by atoms with Gasteiger partial charge in [-0.2, -0.15) is 5.10 Å². The van der Waals surface area contributed by atoms with Crippen molar-refractivity contribution in [1.29, 1.82) is 0 Å². The highest BCUT2D eigenvalue weighted by Gasteiger charge is 2.22. The van der Waals surface area contributed by atoms with Gasteiger partial charge in [-0.25, -0.2) is 9.67 Å². The van der Waals surface area contributed by atoms with Gasteiger partial charge in [-0.05, 0) is 6.42 Å². The maximum atomic E-state index is 5.07. The van der Waals surface area contributed by atoms with E-state index in [1.165, 1.54) is 0 Å². The Labute approximate surface area is 113 Å². The normalized spacial score (nSPS) is 19.2. The number of hydrogen-bond acceptors (Lipinski definition) is 4. The Hall–Kier alpha value is -1.63. The molecule has 1 aromatic heterocycles. The van der Waals surface area contributed by atoms with E-state index in [2.05, 4.69) is 20.4 Å². The molecule has 2 rings (SSSR count). The Bertz CT molecular complexity index is 453. The second-order valence-corrected chi connectivity index (χ2v) is 4.88. The van der Waals surface area contributed by atoms with E-state index < -0.39 is 0 Å². The van der Waals surface area contributed by atoms with Crippen molar-refractivity contribution >= 4 is 5.96 Å². The predicted octanol–water partition coefficient (Wildman–Crippen LogP) is -0.124. The first-order valence-electron chi connectivity index (χ1n) is 6.46. The molecule has 1 unspecified atom stereocenters. The van der Waals surface area contributed by atoms with E-state index in [4.69, 9.17) is 4.74 Å². The van der Waals surface area contributed by atoms with Gasteiger partial charge in [-0.1, -0.05) is 0 Å². The van der Waals surface area contributed by atoms with Gasteiger partial charge in [0.1, 0.15) is 12.4 Å². The zero-order valence-corrected chi connectivity index (χ0v) is 12.1. The van der Waals surface area contributed by atoms with E-state index in [9.17, 15) is 0 Å². The number of guanidine groups is 1. The van der Waals surface area contributed by atoms with Crippen LogP contribution < -0.4 is 5.32 Å². The van der Waals surface area contributed by atoms with Crippen LogP contribution in [0.4, 0.5) is 0 Å². The second-order valence-electron chi connectivity index (χ2n) is 4.88. The van der Waals surface area contributed by atoms with Crippen molar-refractivity contribution in [3.05, 3.63) is 11.6 Å². The highest BCUT2D eigenvalue weighted by Crippen LogP contribution is 2.13. The molecule has 1 aliphatic heterocycles. The third kappa shape index (κ3) is 3.23. The molecule has 0 spiro atoms. The van der Waals surface area contributed by atoms with E-state index in [-0.39, 0.29) is 0 Å². The van der Waals surface area contributed by atoms with E-state index in [1.54, 1.807) is 14.2 Å². The van der Waals surface area contributed by atoms with Gasteiger partial charge < -0.3 is 15.0 Å². The van der Waals surface area contributed by atoms with Crippen LogP contribution in [0.25, 0.3) is 0 Å². The van der Waals surface area contributed by atoms with Gasteiger partial charge in [0.05, 0.1) is 6.54 Å². The van der Waals surface area contributed by atoms with Crippen LogP contribution in [0.3, 0.4) is 0 Å². The molecule has 2 heterocycles. The topological polar surface area (TPSA) is 67.6 Å². The molecule has 1 atom stereocenters. The lowest BCUT2D eigenvalue weighted by molar-refractivity contribution is 0.177. The Kier molecular flexibility index (Phi) is 4.36. The standard InChI is InChI=1S/C12H22N6O/c1-13-12(17(2)3)14-9-5-6-11-15-10(8-19-4)16-18(11)7-9/h9H,5-8H2,1-4H3,(H,13,14). The van der Waals surface area contributed by atoms with Gasteiger partial charge in [-0.3, -0.25) is 4.99 Å². The fourth-order valence-corrected chi connectivity index (χ4v) is 2.24. The van der Waals surface area contributed by atoms with Crippen molar-refractivity contribution in [1.82, 2.24) is 25.0 Å². The van der Waals surface area contributed by atoms with Crippen molar-refractivity contribution in [2.45, 2.75) is 32.0 Å². The number of ether oxygens (including phenoxy) is 1. The second kappa shape index (κ2) is 6.01. The lowest BCUT2D eigenvalue weighted by Crippen LogP contribution is -2.46. The average molecular weight is 266 g/mol. The molecule has 7 nitrogen and oxygen atoms in total. The van der Waals surface area contributed by atoms with E-state index in [0.29, 0.717) is 12.6 Å². The molecule has 0 amide bonds. The molecule has 0 radical (unpaired) electrons. The van der Waals surface area contributed by atoms with Crippen molar-refractivity contribution in [3.63, 3.8) is 0 Å². The quantitative estimate of drug-likeness (QED) is 0.610. The number of nitrogens with one attached hydrogen (secondary N) is 1. The molecule has 0 saturated carbocycles. The number of nitrogens with zero attached hydrogens (tertiary/aromatic N) is 5. The minimum absolute atomic E-state index is 0.339. The summed E-state index contributed by atoms with van der Waals surface area (Å²) < 4.78 is 7.04. The molecule has 1 aliphatic rings. The van der Waals surface area contributed by atoms with E-state index in [1.807, 2.05) is 23.7 Å². The lowest BCUT2D eigenvalue weighted by atomic mass is 10.1. The van der Waals surface area contributed by atoms with Crippen molar-refractivity contribution < 1.29 is 4.74 Å². The lowest BCUT2D eigenvalue weighted by Gasteiger charge is -2.27. The maximum absolute atomic E-state index is 5.07. The summed E-state index contributed by atoms with van der Waals surface area (Å²) in [7, 11) is 7.42. The first-order chi connectivity index (χ1) is 9.13. The molecule has 0 bridgehead atoms. The van der Waals surface area contributed by atoms with Gasteiger partial charge in [0.15, 0.2) is 11.8 Å². The number of hydrogen-bond donors (Lipinski definition) is 1. The van der Waals surface area contributed by atoms with E-state index >= 15 is 0 Å². The van der Waals surface area contributed by atoms with E-state index in [0.717, 1.165) is 37.0 Å². The molecule has 0 saturated heterocycles. The smallest absolute Gasteiger partial charge is 0.193 e. The number of aliphatic imine (C=N–C) groups is 1. The first-order valence-corrected chi connectivity index (χ1v) is 6.46. The molecule has 1 N–H and O–H groups in total. The Morgan fingerprint density at radius 1 is 1.58 bits per heavy atom. The molecule has 0 fully saturated rings. The summed E-state index contributed by atoms with van der Waals surface area (Å²) in [4.78, 5) is 10.7. The highest BCUT2D eigenvalue weighted by atomic mass is 16.5. The average Bonchev–Trinajstić information content (AvgIpc) is 2.77. The molecule has 0 aromatic carbocycles. The molecular weight excluding hydrogens is 244 g/mol. The summed E-state index contributed by atoms with van der Waals surface area (Å²) in [5.74, 6) is 2.70. The monoisotopic (exact) mass is 266 g/mol. The Morgan fingerprint density at radius 2 is 2.37 bits per heavy atom. The maximum Gasteiger partial charge on any atom is 0.193 e. The largest absolute Gasteiger partial charge is 0.377 e. The highest BCUT2D eigenvalue weighted by molar-refractivity contribution is 5.79. The number of aromatic nitrogens is 3. The Morgan fingerprint density at radius 3 is 3.00 bits per heavy atom. The van der Waals surface area contributed by atoms with Crippen LogP contribution in [0, 0.1) is 0 Å². The van der Waals surface area contributed by atoms with Crippen LogP contribution in [0.5, 0.6) is 0 Å². The van der Waals surface area contributed by atoms with Crippen LogP contribution >= 0.6 is 0 Å². The third-order valence-corrected chi connectivity index (χ3v) is 3.14. The van der Waals surface area contributed by atoms with Crippen LogP contribution in [-0.2, 0) is 24.3 Å². The van der Waals surface area contributed by atoms with Crippen LogP contribution in [0.15, 0.2) is 4.99 Å². The number of aryl methyl sites for hydroxylation is 1. The molecule has 7 heteroatoms. The molecular formula is C12H22N6O. The van der Waals surface area contributed by atoms with Crippen molar-refractivity contribution in [3.8, 4) is 0 Å². The minimum Gasteiger partial charge on any atom is -0.377 e. The molecule has 0 aliphatic carbocycles. The van der Waals surface area contributed by atoms with Gasteiger partial charge in [0.25, 0.3) is 0 Å². The summed E-state index contributed by atoms with van der Waals surface area (Å²) in [6.45, 7) is 1.29. The van der Waals surface area contributed by atoms with Crippen LogP contribution in [0.2, 0.25) is 0 Å². The molecule has 1 aromatic rings. The van der Waals surface area contributed by atoms with Crippen LogP contribution in [-0.4, -0.2) is 59.9 Å². The summed E-state index contributed by atoms with van der Waals surface area (Å²) in [6, 6.07) is 0.339. The summed E-state index contributed by atoms with van der Waals surface area (Å²) >= 11 is 0. The predicted molar refractivity (Wildman–Crippen MR) is 73.0 cm³/mol. The van der Waals surface area contributed by atoms with Gasteiger partial charge in [0.2, 0.25) is 0 Å². The summed E-state index contributed by atoms with van der Waals surface area (Å²) in [5.41, 5.74) is 0. The molecule has 19 heavy (non-hydrogen) atoms. The zero-order chi connectivity index (χ0) is 13.8.